The average molecular weight is 422 g/mol. The van der Waals surface area contributed by atoms with Crippen molar-refractivity contribution in [2.24, 2.45) is 5.73 Å². The predicted octanol–water partition coefficient (Wildman–Crippen LogP) is 2.68. The summed E-state index contributed by atoms with van der Waals surface area (Å²) in [5.74, 6) is -1.95. The van der Waals surface area contributed by atoms with Crippen LogP contribution in [0.2, 0.25) is 0 Å². The molecule has 164 valence electrons. The number of carbonyl (C=O) groups excluding carboxylic acids is 3. The van der Waals surface area contributed by atoms with Crippen LogP contribution in [0.5, 0.6) is 5.75 Å². The number of hydrogen-bond acceptors (Lipinski definition) is 9. The van der Waals surface area contributed by atoms with E-state index in [9.17, 15) is 24.5 Å². The summed E-state index contributed by atoms with van der Waals surface area (Å²) in [7, 11) is 0. The van der Waals surface area contributed by atoms with E-state index in [-0.39, 0.29) is 24.2 Å². The Labute approximate surface area is 174 Å². The Morgan fingerprint density at radius 3 is 2.43 bits per heavy atom. The van der Waals surface area contributed by atoms with Gasteiger partial charge in [-0.15, -0.1) is 0 Å². The standard InChI is InChI=1S/C20H26N2O8/c1-6-16(23)14-11-13(7-8-15(14)22(26)27)28-18(29-19(25)12(2)21)10-9-17(24)30-20(3,4)5/h6-8,11-12,18H,1,9-10,21H2,2-5H3/t12-,18?/m0/s1. The van der Waals surface area contributed by atoms with Crippen LogP contribution in [-0.2, 0) is 19.1 Å². The van der Waals surface area contributed by atoms with Gasteiger partial charge in [-0.2, -0.15) is 0 Å². The summed E-state index contributed by atoms with van der Waals surface area (Å²) in [5, 5.41) is 11.1. The zero-order valence-electron chi connectivity index (χ0n) is 17.4. The fraction of sp³-hybridized carbons (Fsp3) is 0.450. The van der Waals surface area contributed by atoms with Gasteiger partial charge in [0.1, 0.15) is 23.0 Å². The van der Waals surface area contributed by atoms with Crippen molar-refractivity contribution in [2.75, 3.05) is 0 Å². The minimum absolute atomic E-state index is 0.0254. The van der Waals surface area contributed by atoms with E-state index in [0.717, 1.165) is 18.2 Å². The number of nitro groups is 1. The Hall–Kier alpha value is -3.27. The molecule has 1 rings (SSSR count). The molecule has 0 heterocycles. The molecule has 0 radical (unpaired) electrons. The van der Waals surface area contributed by atoms with E-state index < -0.39 is 46.3 Å². The first-order valence-electron chi connectivity index (χ1n) is 9.14. The van der Waals surface area contributed by atoms with Crippen molar-refractivity contribution in [3.63, 3.8) is 0 Å². The average Bonchev–Trinajstić information content (AvgIpc) is 2.63. The van der Waals surface area contributed by atoms with E-state index in [1.54, 1.807) is 20.8 Å². The third-order valence-electron chi connectivity index (χ3n) is 3.51. The van der Waals surface area contributed by atoms with Gasteiger partial charge < -0.3 is 19.9 Å². The lowest BCUT2D eigenvalue weighted by atomic mass is 10.1. The van der Waals surface area contributed by atoms with Crippen molar-refractivity contribution in [3.05, 3.63) is 46.5 Å². The van der Waals surface area contributed by atoms with Gasteiger partial charge in [-0.25, -0.2) is 0 Å². The van der Waals surface area contributed by atoms with Gasteiger partial charge in [0.25, 0.3) is 5.69 Å². The summed E-state index contributed by atoms with van der Waals surface area (Å²) in [5.41, 5.74) is 4.15. The highest BCUT2D eigenvalue weighted by Gasteiger charge is 2.24. The lowest BCUT2D eigenvalue weighted by Gasteiger charge is -2.22. The van der Waals surface area contributed by atoms with Crippen LogP contribution >= 0.6 is 0 Å². The number of hydrogen-bond donors (Lipinski definition) is 1. The molecule has 0 aromatic heterocycles. The van der Waals surface area contributed by atoms with Crippen molar-refractivity contribution in [1.82, 2.24) is 0 Å². The summed E-state index contributed by atoms with van der Waals surface area (Å²) in [4.78, 5) is 46.2. The van der Waals surface area contributed by atoms with Crippen molar-refractivity contribution in [2.45, 2.75) is 58.5 Å². The van der Waals surface area contributed by atoms with E-state index in [2.05, 4.69) is 6.58 Å². The fourth-order valence-electron chi connectivity index (χ4n) is 2.21. The Morgan fingerprint density at radius 2 is 1.93 bits per heavy atom. The lowest BCUT2D eigenvalue weighted by Crippen LogP contribution is -2.35. The molecule has 2 N–H and O–H groups in total. The molecular weight excluding hydrogens is 396 g/mol. The normalized spacial score (nSPS) is 13.0. The van der Waals surface area contributed by atoms with Crippen molar-refractivity contribution in [3.8, 4) is 5.75 Å². The zero-order valence-corrected chi connectivity index (χ0v) is 17.4. The number of ketones is 1. The predicted molar refractivity (Wildman–Crippen MR) is 107 cm³/mol. The number of rotatable bonds is 10. The first-order valence-corrected chi connectivity index (χ1v) is 9.14. The van der Waals surface area contributed by atoms with Crippen LogP contribution in [0.15, 0.2) is 30.9 Å². The molecule has 1 aromatic carbocycles. The second kappa shape index (κ2) is 10.5. The molecule has 1 aromatic rings. The van der Waals surface area contributed by atoms with Gasteiger partial charge >= 0.3 is 11.9 Å². The molecule has 0 bridgehead atoms. The van der Waals surface area contributed by atoms with Gasteiger partial charge in [0.05, 0.1) is 11.3 Å². The van der Waals surface area contributed by atoms with Crippen molar-refractivity contribution in [1.29, 1.82) is 0 Å². The largest absolute Gasteiger partial charge is 0.460 e. The molecule has 0 spiro atoms. The summed E-state index contributed by atoms with van der Waals surface area (Å²) < 4.78 is 15.9. The van der Waals surface area contributed by atoms with Crippen LogP contribution in [0.1, 0.15) is 50.9 Å². The highest BCUT2D eigenvalue weighted by atomic mass is 16.7. The number of ether oxygens (including phenoxy) is 3. The first-order chi connectivity index (χ1) is 13.8. The van der Waals surface area contributed by atoms with Crippen LogP contribution in [0.25, 0.3) is 0 Å². The highest BCUT2D eigenvalue weighted by molar-refractivity contribution is 6.07. The van der Waals surface area contributed by atoms with Gasteiger partial charge in [0.2, 0.25) is 6.29 Å². The third kappa shape index (κ3) is 8.00. The number of carbonyl (C=O) groups is 3. The van der Waals surface area contributed by atoms with E-state index in [1.807, 2.05) is 0 Å². The SMILES string of the molecule is C=CC(=O)c1cc(OC(CCC(=O)OC(C)(C)C)OC(=O)[C@H](C)N)ccc1[N+](=O)[O-]. The number of nitrogens with two attached hydrogens (primary N) is 1. The van der Waals surface area contributed by atoms with Crippen LogP contribution in [0, 0.1) is 10.1 Å². The molecule has 2 atom stereocenters. The second-order valence-corrected chi connectivity index (χ2v) is 7.40. The van der Waals surface area contributed by atoms with Crippen LogP contribution in [-0.4, -0.2) is 40.6 Å². The third-order valence-corrected chi connectivity index (χ3v) is 3.51. The Bertz CT molecular complexity index is 827. The Kier molecular flexibility index (Phi) is 8.66. The van der Waals surface area contributed by atoms with E-state index in [0.29, 0.717) is 0 Å². The van der Waals surface area contributed by atoms with Gasteiger partial charge in [0.15, 0.2) is 5.78 Å². The second-order valence-electron chi connectivity index (χ2n) is 7.40. The van der Waals surface area contributed by atoms with Gasteiger partial charge in [-0.1, -0.05) is 6.58 Å². The molecule has 0 amide bonds. The molecule has 30 heavy (non-hydrogen) atoms. The van der Waals surface area contributed by atoms with Crippen molar-refractivity contribution < 1.29 is 33.5 Å². The molecular formula is C20H26N2O8. The minimum Gasteiger partial charge on any atom is -0.460 e. The maximum absolute atomic E-state index is 12.0. The molecule has 1 unspecified atom stereocenters. The van der Waals surface area contributed by atoms with E-state index in [1.165, 1.54) is 13.0 Å². The van der Waals surface area contributed by atoms with E-state index >= 15 is 0 Å². The number of benzene rings is 1. The Balaban J connectivity index is 3.06. The summed E-state index contributed by atoms with van der Waals surface area (Å²) in [6, 6.07) is 2.54. The molecule has 10 nitrogen and oxygen atoms in total. The molecule has 0 aliphatic heterocycles. The van der Waals surface area contributed by atoms with E-state index in [4.69, 9.17) is 19.9 Å². The maximum atomic E-state index is 12.0. The smallest absolute Gasteiger partial charge is 0.325 e. The zero-order chi connectivity index (χ0) is 23.1. The van der Waals surface area contributed by atoms with Crippen LogP contribution in [0.3, 0.4) is 0 Å². The molecule has 0 saturated heterocycles. The number of nitro benzene ring substituents is 1. The summed E-state index contributed by atoms with van der Waals surface area (Å²) in [6.07, 6.45) is -0.485. The maximum Gasteiger partial charge on any atom is 0.325 e. The Morgan fingerprint density at radius 1 is 1.30 bits per heavy atom. The minimum atomic E-state index is -1.23. The topological polar surface area (TPSA) is 148 Å². The van der Waals surface area contributed by atoms with Crippen LogP contribution < -0.4 is 10.5 Å². The number of allylic oxidation sites excluding steroid dienone is 1. The summed E-state index contributed by atoms with van der Waals surface area (Å²) >= 11 is 0. The van der Waals surface area contributed by atoms with Gasteiger partial charge in [-0.05, 0) is 45.9 Å². The number of nitrogens with zero attached hydrogens (tertiary/aromatic N) is 1. The summed E-state index contributed by atoms with van der Waals surface area (Å²) in [6.45, 7) is 9.87. The molecule has 0 aliphatic carbocycles. The first kappa shape index (κ1) is 24.8. The monoisotopic (exact) mass is 422 g/mol. The van der Waals surface area contributed by atoms with Gasteiger partial charge in [-0.3, -0.25) is 24.5 Å². The molecule has 0 fully saturated rings. The lowest BCUT2D eigenvalue weighted by molar-refractivity contribution is -0.385. The number of esters is 2. The molecule has 0 saturated carbocycles. The van der Waals surface area contributed by atoms with Gasteiger partial charge in [0, 0.05) is 12.5 Å². The fourth-order valence-corrected chi connectivity index (χ4v) is 2.21. The molecule has 0 aliphatic rings. The van der Waals surface area contributed by atoms with Crippen LogP contribution in [0.4, 0.5) is 5.69 Å². The quantitative estimate of drug-likeness (QED) is 0.150. The van der Waals surface area contributed by atoms with Crippen molar-refractivity contribution >= 4 is 23.4 Å². The highest BCUT2D eigenvalue weighted by Crippen LogP contribution is 2.26. The molecule has 10 heteroatoms.